The van der Waals surface area contributed by atoms with Crippen molar-refractivity contribution < 1.29 is 9.47 Å². The van der Waals surface area contributed by atoms with Crippen LogP contribution in [-0.4, -0.2) is 58.5 Å². The van der Waals surface area contributed by atoms with E-state index in [2.05, 4.69) is 14.9 Å². The zero-order valence-corrected chi connectivity index (χ0v) is 13.6. The van der Waals surface area contributed by atoms with Crippen molar-refractivity contribution in [3.63, 3.8) is 0 Å². The molecule has 0 spiro atoms. The smallest absolute Gasteiger partial charge is 0.227 e. The van der Waals surface area contributed by atoms with Gasteiger partial charge >= 0.3 is 0 Å². The van der Waals surface area contributed by atoms with Crippen LogP contribution in [0, 0.1) is 0 Å². The molecule has 1 aliphatic heterocycles. The molecule has 20 heavy (non-hydrogen) atoms. The molecule has 1 aromatic rings. The molecule has 7 heteroatoms. The summed E-state index contributed by atoms with van der Waals surface area (Å²) in [6.45, 7) is 6.80. The average Bonchev–Trinajstić information content (AvgIpc) is 2.47. The van der Waals surface area contributed by atoms with E-state index in [9.17, 15) is 0 Å². The van der Waals surface area contributed by atoms with E-state index >= 15 is 0 Å². The molecule has 0 aliphatic carbocycles. The predicted octanol–water partition coefficient (Wildman–Crippen LogP) is 1.99. The molecule has 1 aromatic heterocycles. The van der Waals surface area contributed by atoms with Gasteiger partial charge in [-0.1, -0.05) is 24.0 Å². The number of aromatic nitrogens is 2. The fourth-order valence-corrected chi connectivity index (χ4v) is 2.65. The SMILES string of the molecule is CCOc1nc(SC)ncc1C(=S)N1CCOC(C)C1. The maximum absolute atomic E-state index is 5.61. The van der Waals surface area contributed by atoms with Crippen LogP contribution >= 0.6 is 24.0 Å². The topological polar surface area (TPSA) is 47.5 Å². The first-order valence-electron chi connectivity index (χ1n) is 6.60. The zero-order chi connectivity index (χ0) is 14.5. The highest BCUT2D eigenvalue weighted by molar-refractivity contribution is 7.98. The van der Waals surface area contributed by atoms with Crippen LogP contribution in [0.1, 0.15) is 19.4 Å². The molecule has 1 saturated heterocycles. The van der Waals surface area contributed by atoms with Crippen molar-refractivity contribution in [2.75, 3.05) is 32.6 Å². The number of rotatable bonds is 4. The standard InChI is InChI=1S/C13H19N3O2S2/c1-4-17-11-10(7-14-13(15-11)20-3)12(19)16-5-6-18-9(2)8-16/h7,9H,4-6,8H2,1-3H3. The van der Waals surface area contributed by atoms with E-state index in [0.29, 0.717) is 24.3 Å². The van der Waals surface area contributed by atoms with Crippen molar-refractivity contribution >= 4 is 29.0 Å². The van der Waals surface area contributed by atoms with E-state index in [1.54, 1.807) is 6.20 Å². The van der Waals surface area contributed by atoms with Crippen molar-refractivity contribution in [2.24, 2.45) is 0 Å². The van der Waals surface area contributed by atoms with Crippen LogP contribution in [-0.2, 0) is 4.74 Å². The Morgan fingerprint density at radius 2 is 2.45 bits per heavy atom. The Labute approximate surface area is 129 Å². The summed E-state index contributed by atoms with van der Waals surface area (Å²) in [5.41, 5.74) is 0.786. The molecule has 1 fully saturated rings. The van der Waals surface area contributed by atoms with Crippen molar-refractivity contribution in [1.29, 1.82) is 0 Å². The van der Waals surface area contributed by atoms with Gasteiger partial charge in [0.25, 0.3) is 0 Å². The van der Waals surface area contributed by atoms with Gasteiger partial charge in [0.15, 0.2) is 5.16 Å². The van der Waals surface area contributed by atoms with Crippen LogP contribution in [0.25, 0.3) is 0 Å². The molecule has 1 aliphatic rings. The Bertz CT molecular complexity index is 485. The molecule has 0 saturated carbocycles. The van der Waals surface area contributed by atoms with Gasteiger partial charge < -0.3 is 14.4 Å². The molecule has 2 heterocycles. The molecular formula is C13H19N3O2S2. The maximum atomic E-state index is 5.61. The minimum Gasteiger partial charge on any atom is -0.477 e. The van der Waals surface area contributed by atoms with Gasteiger partial charge in [0.2, 0.25) is 5.88 Å². The average molecular weight is 313 g/mol. The van der Waals surface area contributed by atoms with Gasteiger partial charge in [-0.15, -0.1) is 0 Å². The molecule has 2 rings (SSSR count). The number of morpholine rings is 1. The van der Waals surface area contributed by atoms with E-state index < -0.39 is 0 Å². The largest absolute Gasteiger partial charge is 0.477 e. The summed E-state index contributed by atoms with van der Waals surface area (Å²) in [6.07, 6.45) is 3.88. The van der Waals surface area contributed by atoms with E-state index in [4.69, 9.17) is 21.7 Å². The summed E-state index contributed by atoms with van der Waals surface area (Å²) in [5, 5.41) is 0.690. The minimum absolute atomic E-state index is 0.184. The number of hydrogen-bond acceptors (Lipinski definition) is 6. The minimum atomic E-state index is 0.184. The van der Waals surface area contributed by atoms with E-state index in [0.717, 1.165) is 23.6 Å². The van der Waals surface area contributed by atoms with Crippen LogP contribution in [0.2, 0.25) is 0 Å². The van der Waals surface area contributed by atoms with Gasteiger partial charge in [0.1, 0.15) is 4.99 Å². The molecule has 0 bridgehead atoms. The molecule has 1 unspecified atom stereocenters. The summed E-state index contributed by atoms with van der Waals surface area (Å²) in [4.78, 5) is 11.6. The molecule has 0 aromatic carbocycles. The number of hydrogen-bond donors (Lipinski definition) is 0. The number of thiocarbonyl (C=S) groups is 1. The fraction of sp³-hybridized carbons (Fsp3) is 0.615. The molecule has 1 atom stereocenters. The molecule has 0 amide bonds. The van der Waals surface area contributed by atoms with Crippen LogP contribution in [0.3, 0.4) is 0 Å². The third kappa shape index (κ3) is 3.59. The Hall–Kier alpha value is -0.920. The van der Waals surface area contributed by atoms with Crippen molar-refractivity contribution in [1.82, 2.24) is 14.9 Å². The maximum Gasteiger partial charge on any atom is 0.227 e. The van der Waals surface area contributed by atoms with Crippen LogP contribution in [0.5, 0.6) is 5.88 Å². The highest BCUT2D eigenvalue weighted by Gasteiger charge is 2.23. The fourth-order valence-electron chi connectivity index (χ4n) is 2.02. The zero-order valence-electron chi connectivity index (χ0n) is 12.0. The highest BCUT2D eigenvalue weighted by atomic mass is 32.2. The highest BCUT2D eigenvalue weighted by Crippen LogP contribution is 2.22. The van der Waals surface area contributed by atoms with E-state index in [-0.39, 0.29) is 6.10 Å². The molecule has 0 N–H and O–H groups in total. The Kier molecular flexibility index (Phi) is 5.56. The third-order valence-corrected chi connectivity index (χ3v) is 3.99. The quantitative estimate of drug-likeness (QED) is 0.478. The lowest BCUT2D eigenvalue weighted by molar-refractivity contribution is 0.00669. The van der Waals surface area contributed by atoms with Crippen LogP contribution < -0.4 is 4.74 Å². The summed E-state index contributed by atoms with van der Waals surface area (Å²) in [5.74, 6) is 0.566. The molecule has 5 nitrogen and oxygen atoms in total. The van der Waals surface area contributed by atoms with Gasteiger partial charge in [-0.3, -0.25) is 0 Å². The van der Waals surface area contributed by atoms with Crippen LogP contribution in [0.4, 0.5) is 0 Å². The lowest BCUT2D eigenvalue weighted by Gasteiger charge is -2.33. The van der Waals surface area contributed by atoms with Crippen molar-refractivity contribution in [3.8, 4) is 5.88 Å². The van der Waals surface area contributed by atoms with Crippen molar-refractivity contribution in [2.45, 2.75) is 25.1 Å². The first kappa shape index (κ1) is 15.5. The first-order valence-corrected chi connectivity index (χ1v) is 8.23. The van der Waals surface area contributed by atoms with Gasteiger partial charge in [-0.2, -0.15) is 4.98 Å². The lowest BCUT2D eigenvalue weighted by Crippen LogP contribution is -2.44. The normalized spacial score (nSPS) is 18.9. The lowest BCUT2D eigenvalue weighted by atomic mass is 10.2. The number of thioether (sulfide) groups is 1. The summed E-state index contributed by atoms with van der Waals surface area (Å²) in [7, 11) is 0. The number of ether oxygens (including phenoxy) is 2. The van der Waals surface area contributed by atoms with E-state index in [1.165, 1.54) is 11.8 Å². The summed E-state index contributed by atoms with van der Waals surface area (Å²) < 4.78 is 11.1. The Morgan fingerprint density at radius 1 is 1.65 bits per heavy atom. The second-order valence-electron chi connectivity index (χ2n) is 4.44. The van der Waals surface area contributed by atoms with Crippen LogP contribution in [0.15, 0.2) is 11.4 Å². The second kappa shape index (κ2) is 7.19. The molecular weight excluding hydrogens is 294 g/mol. The molecule has 0 radical (unpaired) electrons. The summed E-state index contributed by atoms with van der Waals surface area (Å²) >= 11 is 7.06. The Balaban J connectivity index is 2.23. The molecule has 110 valence electrons. The first-order chi connectivity index (χ1) is 9.65. The predicted molar refractivity (Wildman–Crippen MR) is 83.7 cm³/mol. The Morgan fingerprint density at radius 3 is 3.10 bits per heavy atom. The van der Waals surface area contributed by atoms with Gasteiger partial charge in [-0.25, -0.2) is 4.98 Å². The van der Waals surface area contributed by atoms with Gasteiger partial charge in [-0.05, 0) is 20.1 Å². The third-order valence-electron chi connectivity index (χ3n) is 2.95. The summed E-state index contributed by atoms with van der Waals surface area (Å²) in [6, 6.07) is 0. The second-order valence-corrected chi connectivity index (χ2v) is 5.60. The van der Waals surface area contributed by atoms with Gasteiger partial charge in [0, 0.05) is 19.3 Å². The monoisotopic (exact) mass is 313 g/mol. The van der Waals surface area contributed by atoms with Crippen molar-refractivity contribution in [3.05, 3.63) is 11.8 Å². The van der Waals surface area contributed by atoms with E-state index in [1.807, 2.05) is 20.1 Å². The number of nitrogens with zero attached hydrogens (tertiary/aromatic N) is 3. The van der Waals surface area contributed by atoms with Gasteiger partial charge in [0.05, 0.1) is 24.9 Å².